The number of ether oxygens (including phenoxy) is 1. The molecule has 5 nitrogen and oxygen atoms in total. The molecule has 2 rings (SSSR count). The molecule has 0 bridgehead atoms. The number of hydrogen-bond donors (Lipinski definition) is 1. The van der Waals surface area contributed by atoms with Crippen molar-refractivity contribution in [3.05, 3.63) is 33.3 Å². The number of halogens is 2. The molecule has 1 N–H and O–H groups in total. The second-order valence-electron chi connectivity index (χ2n) is 6.84. The molecule has 1 aromatic carbocycles. The Bertz CT molecular complexity index is 631. The predicted octanol–water partition coefficient (Wildman–Crippen LogP) is 4.23. The van der Waals surface area contributed by atoms with E-state index in [1.54, 1.807) is 23.1 Å². The van der Waals surface area contributed by atoms with Gasteiger partial charge < -0.3 is 15.0 Å². The predicted molar refractivity (Wildman–Crippen MR) is 97.4 cm³/mol. The Labute approximate surface area is 155 Å². The Morgan fingerprint density at radius 1 is 1.38 bits per heavy atom. The van der Waals surface area contributed by atoms with E-state index in [9.17, 15) is 9.59 Å². The van der Waals surface area contributed by atoms with Gasteiger partial charge in [-0.1, -0.05) is 17.7 Å². The zero-order valence-electron chi connectivity index (χ0n) is 14.1. The van der Waals surface area contributed by atoms with Crippen LogP contribution in [-0.2, 0) is 4.74 Å². The van der Waals surface area contributed by atoms with Crippen LogP contribution in [0.4, 0.5) is 4.79 Å². The molecule has 1 aliphatic rings. The maximum absolute atomic E-state index is 12.7. The Morgan fingerprint density at radius 2 is 2.08 bits per heavy atom. The third-order valence-electron chi connectivity index (χ3n) is 3.61. The molecular formula is C17H22BrClN2O3. The lowest BCUT2D eigenvalue weighted by molar-refractivity contribution is 0.0452. The number of carbonyl (C=O) groups excluding carboxylic acids is 2. The van der Waals surface area contributed by atoms with Crippen molar-refractivity contribution in [1.82, 2.24) is 10.2 Å². The van der Waals surface area contributed by atoms with Gasteiger partial charge in [0.15, 0.2) is 0 Å². The summed E-state index contributed by atoms with van der Waals surface area (Å²) in [4.78, 5) is 26.4. The number of benzene rings is 1. The molecule has 24 heavy (non-hydrogen) atoms. The summed E-state index contributed by atoms with van der Waals surface area (Å²) in [6, 6.07) is 5.10. The minimum absolute atomic E-state index is 0.0972. The maximum atomic E-state index is 12.7. The zero-order chi connectivity index (χ0) is 17.9. The summed E-state index contributed by atoms with van der Waals surface area (Å²) in [5.41, 5.74) is -0.0136. The summed E-state index contributed by atoms with van der Waals surface area (Å²) in [5, 5.41) is 3.35. The number of nitrogens with one attached hydrogen (secondary N) is 1. The van der Waals surface area contributed by atoms with E-state index in [-0.39, 0.29) is 11.9 Å². The lowest BCUT2D eigenvalue weighted by Crippen LogP contribution is -2.50. The number of nitrogens with zero attached hydrogens (tertiary/aromatic N) is 1. The van der Waals surface area contributed by atoms with Gasteiger partial charge in [0.2, 0.25) is 0 Å². The molecule has 0 aliphatic carbocycles. The Morgan fingerprint density at radius 3 is 2.75 bits per heavy atom. The van der Waals surface area contributed by atoms with Crippen molar-refractivity contribution in [2.45, 2.75) is 45.3 Å². The summed E-state index contributed by atoms with van der Waals surface area (Å²) < 4.78 is 5.87. The van der Waals surface area contributed by atoms with Gasteiger partial charge in [-0.25, -0.2) is 4.79 Å². The average molecular weight is 418 g/mol. The van der Waals surface area contributed by atoms with Gasteiger partial charge >= 0.3 is 6.09 Å². The SMILES string of the molecule is CC(C)(C)OC(=O)N[C@@H]1CCCN(C(=O)c2cccc(Cl)c2Br)C1. The highest BCUT2D eigenvalue weighted by molar-refractivity contribution is 9.10. The number of hydrogen-bond acceptors (Lipinski definition) is 3. The van der Waals surface area contributed by atoms with Gasteiger partial charge in [0, 0.05) is 23.6 Å². The zero-order valence-corrected chi connectivity index (χ0v) is 16.4. The highest BCUT2D eigenvalue weighted by Crippen LogP contribution is 2.27. The van der Waals surface area contributed by atoms with Crippen molar-refractivity contribution in [3.63, 3.8) is 0 Å². The highest BCUT2D eigenvalue weighted by Gasteiger charge is 2.28. The van der Waals surface area contributed by atoms with Gasteiger partial charge in [-0.2, -0.15) is 0 Å². The smallest absolute Gasteiger partial charge is 0.407 e. The molecule has 2 amide bonds. The largest absolute Gasteiger partial charge is 0.444 e. The van der Waals surface area contributed by atoms with Gasteiger partial charge in [0.05, 0.1) is 10.6 Å². The molecule has 0 spiro atoms. The first kappa shape index (κ1) is 19.1. The van der Waals surface area contributed by atoms with Crippen LogP contribution in [0.5, 0.6) is 0 Å². The molecular weight excluding hydrogens is 396 g/mol. The Hall–Kier alpha value is -1.27. The molecule has 132 valence electrons. The minimum atomic E-state index is -0.542. The van der Waals surface area contributed by atoms with Crippen LogP contribution in [0.1, 0.15) is 44.0 Å². The third-order valence-corrected chi connectivity index (χ3v) is 5.01. The molecule has 0 aromatic heterocycles. The molecule has 0 unspecified atom stereocenters. The monoisotopic (exact) mass is 416 g/mol. The summed E-state index contributed by atoms with van der Waals surface area (Å²) in [6.45, 7) is 6.57. The van der Waals surface area contributed by atoms with Crippen LogP contribution in [0.3, 0.4) is 0 Å². The molecule has 1 atom stereocenters. The fourth-order valence-corrected chi connectivity index (χ4v) is 3.20. The van der Waals surface area contributed by atoms with Crippen LogP contribution < -0.4 is 5.32 Å². The van der Waals surface area contributed by atoms with Crippen molar-refractivity contribution in [1.29, 1.82) is 0 Å². The van der Waals surface area contributed by atoms with E-state index < -0.39 is 11.7 Å². The number of rotatable bonds is 2. The number of alkyl carbamates (subject to hydrolysis) is 1. The number of carbonyl (C=O) groups is 2. The van der Waals surface area contributed by atoms with E-state index in [0.29, 0.717) is 28.1 Å². The number of piperidine rings is 1. The fourth-order valence-electron chi connectivity index (χ4n) is 2.59. The molecule has 1 saturated heterocycles. The topological polar surface area (TPSA) is 58.6 Å². The van der Waals surface area contributed by atoms with Crippen molar-refractivity contribution < 1.29 is 14.3 Å². The Balaban J connectivity index is 2.01. The molecule has 0 saturated carbocycles. The van der Waals surface area contributed by atoms with Gasteiger partial charge in [0.25, 0.3) is 5.91 Å². The Kier molecular flexibility index (Phi) is 6.15. The summed E-state index contributed by atoms with van der Waals surface area (Å²) in [5.74, 6) is -0.0972. The van der Waals surface area contributed by atoms with Crippen LogP contribution in [0, 0.1) is 0 Å². The second kappa shape index (κ2) is 7.74. The first-order chi connectivity index (χ1) is 11.2. The number of amides is 2. The second-order valence-corrected chi connectivity index (χ2v) is 8.04. The third kappa shape index (κ3) is 5.11. The fraction of sp³-hybridized carbons (Fsp3) is 0.529. The molecule has 7 heteroatoms. The molecule has 1 heterocycles. The van der Waals surface area contributed by atoms with Crippen LogP contribution in [-0.4, -0.2) is 41.6 Å². The van der Waals surface area contributed by atoms with Gasteiger partial charge in [-0.3, -0.25) is 4.79 Å². The quantitative estimate of drug-likeness (QED) is 0.783. The molecule has 1 aromatic rings. The van der Waals surface area contributed by atoms with Crippen LogP contribution in [0.25, 0.3) is 0 Å². The van der Waals surface area contributed by atoms with E-state index in [1.807, 2.05) is 20.8 Å². The van der Waals surface area contributed by atoms with E-state index >= 15 is 0 Å². The standard InChI is InChI=1S/C17H22BrClN2O3/c1-17(2,3)24-16(23)20-11-6-5-9-21(10-11)15(22)12-7-4-8-13(19)14(12)18/h4,7-8,11H,5-6,9-10H2,1-3H3,(H,20,23)/t11-/m1/s1. The molecule has 1 aliphatic heterocycles. The minimum Gasteiger partial charge on any atom is -0.444 e. The highest BCUT2D eigenvalue weighted by atomic mass is 79.9. The van der Waals surface area contributed by atoms with Crippen LogP contribution in [0.15, 0.2) is 22.7 Å². The summed E-state index contributed by atoms with van der Waals surface area (Å²) in [6.07, 6.45) is 1.19. The lowest BCUT2D eigenvalue weighted by atomic mass is 10.0. The van der Waals surface area contributed by atoms with Crippen LogP contribution >= 0.6 is 27.5 Å². The van der Waals surface area contributed by atoms with Crippen molar-refractivity contribution in [2.75, 3.05) is 13.1 Å². The normalized spacial score (nSPS) is 18.2. The van der Waals surface area contributed by atoms with Gasteiger partial charge in [-0.05, 0) is 61.7 Å². The van der Waals surface area contributed by atoms with E-state index in [0.717, 1.165) is 12.8 Å². The van der Waals surface area contributed by atoms with E-state index in [4.69, 9.17) is 16.3 Å². The average Bonchev–Trinajstić information content (AvgIpc) is 2.47. The first-order valence-electron chi connectivity index (χ1n) is 7.90. The molecule has 0 radical (unpaired) electrons. The number of likely N-dealkylation sites (tertiary alicyclic amines) is 1. The maximum Gasteiger partial charge on any atom is 0.407 e. The van der Waals surface area contributed by atoms with E-state index in [2.05, 4.69) is 21.2 Å². The van der Waals surface area contributed by atoms with Gasteiger partial charge in [-0.15, -0.1) is 0 Å². The summed E-state index contributed by atoms with van der Waals surface area (Å²) >= 11 is 9.43. The van der Waals surface area contributed by atoms with Gasteiger partial charge in [0.1, 0.15) is 5.60 Å². The van der Waals surface area contributed by atoms with Crippen LogP contribution in [0.2, 0.25) is 5.02 Å². The van der Waals surface area contributed by atoms with Crippen molar-refractivity contribution in [2.24, 2.45) is 0 Å². The van der Waals surface area contributed by atoms with Crippen molar-refractivity contribution in [3.8, 4) is 0 Å². The molecule has 1 fully saturated rings. The first-order valence-corrected chi connectivity index (χ1v) is 9.07. The lowest BCUT2D eigenvalue weighted by Gasteiger charge is -2.33. The summed E-state index contributed by atoms with van der Waals surface area (Å²) in [7, 11) is 0. The van der Waals surface area contributed by atoms with E-state index in [1.165, 1.54) is 0 Å². The van der Waals surface area contributed by atoms with Crippen molar-refractivity contribution >= 4 is 39.5 Å².